The van der Waals surface area contributed by atoms with Crippen molar-refractivity contribution >= 4 is 35.8 Å². The molecule has 3 heterocycles. The first-order chi connectivity index (χ1) is 14.5. The number of rotatable bonds is 8. The van der Waals surface area contributed by atoms with Crippen molar-refractivity contribution in [2.24, 2.45) is 4.99 Å². The lowest BCUT2D eigenvalue weighted by Crippen LogP contribution is -2.41. The predicted molar refractivity (Wildman–Crippen MR) is 136 cm³/mol. The fourth-order valence-corrected chi connectivity index (χ4v) is 3.61. The van der Waals surface area contributed by atoms with Crippen LogP contribution in [0.15, 0.2) is 29.4 Å². The maximum Gasteiger partial charge on any atom is 0.191 e. The lowest BCUT2D eigenvalue weighted by Gasteiger charge is -2.32. The van der Waals surface area contributed by atoms with E-state index in [1.54, 1.807) is 0 Å². The Morgan fingerprint density at radius 3 is 2.84 bits per heavy atom. The smallest absolute Gasteiger partial charge is 0.191 e. The van der Waals surface area contributed by atoms with Gasteiger partial charge in [-0.2, -0.15) is 5.10 Å². The van der Waals surface area contributed by atoms with E-state index in [1.165, 1.54) is 5.69 Å². The summed E-state index contributed by atoms with van der Waals surface area (Å²) >= 11 is 0. The van der Waals surface area contributed by atoms with Crippen molar-refractivity contribution in [2.75, 3.05) is 37.7 Å². The van der Waals surface area contributed by atoms with Gasteiger partial charge in [-0.3, -0.25) is 4.68 Å². The van der Waals surface area contributed by atoms with Crippen molar-refractivity contribution in [1.82, 2.24) is 25.4 Å². The number of pyridine rings is 1. The van der Waals surface area contributed by atoms with Crippen LogP contribution in [-0.2, 0) is 17.8 Å². The highest BCUT2D eigenvalue weighted by Crippen LogP contribution is 2.17. The molecule has 0 aromatic carbocycles. The van der Waals surface area contributed by atoms with Gasteiger partial charge in [-0.05, 0) is 57.9 Å². The first-order valence-electron chi connectivity index (χ1n) is 10.9. The first-order valence-corrected chi connectivity index (χ1v) is 10.9. The fourth-order valence-electron chi connectivity index (χ4n) is 3.61. The highest BCUT2D eigenvalue weighted by Gasteiger charge is 2.18. The molecule has 1 aliphatic heterocycles. The van der Waals surface area contributed by atoms with Gasteiger partial charge in [0, 0.05) is 44.6 Å². The number of aromatic nitrogens is 3. The van der Waals surface area contributed by atoms with Crippen LogP contribution in [0.1, 0.15) is 37.2 Å². The number of guanidine groups is 1. The molecule has 2 aromatic heterocycles. The van der Waals surface area contributed by atoms with Crippen LogP contribution >= 0.6 is 24.0 Å². The van der Waals surface area contributed by atoms with Crippen molar-refractivity contribution in [1.29, 1.82) is 0 Å². The summed E-state index contributed by atoms with van der Waals surface area (Å²) in [6, 6.07) is 6.27. The molecule has 8 nitrogen and oxygen atoms in total. The monoisotopic (exact) mass is 541 g/mol. The Labute approximate surface area is 202 Å². The largest absolute Gasteiger partial charge is 0.375 e. The van der Waals surface area contributed by atoms with Gasteiger partial charge >= 0.3 is 0 Å². The summed E-state index contributed by atoms with van der Waals surface area (Å²) in [6.45, 7) is 14.0. The molecule has 9 heteroatoms. The predicted octanol–water partition coefficient (Wildman–Crippen LogP) is 2.88. The van der Waals surface area contributed by atoms with E-state index in [9.17, 15) is 0 Å². The van der Waals surface area contributed by atoms with Crippen LogP contribution in [0.25, 0.3) is 0 Å². The molecule has 1 fully saturated rings. The van der Waals surface area contributed by atoms with Crippen LogP contribution in [0.3, 0.4) is 0 Å². The van der Waals surface area contributed by atoms with Gasteiger partial charge in [0.25, 0.3) is 0 Å². The number of anilines is 1. The molecule has 1 aliphatic rings. The molecule has 0 aliphatic carbocycles. The lowest BCUT2D eigenvalue weighted by atomic mass is 10.2. The third kappa shape index (κ3) is 7.95. The SMILES string of the molecule is CCNC(=NCc1ccnc(N2CCOC(C)C2)c1)NCCCn1nc(C)cc1C.I. The molecule has 0 bridgehead atoms. The van der Waals surface area contributed by atoms with Crippen LogP contribution in [-0.4, -0.2) is 59.6 Å². The average Bonchev–Trinajstić information content (AvgIpc) is 3.06. The second kappa shape index (κ2) is 12.8. The first kappa shape index (κ1) is 25.4. The zero-order chi connectivity index (χ0) is 21.3. The summed E-state index contributed by atoms with van der Waals surface area (Å²) in [5, 5.41) is 11.3. The average molecular weight is 541 g/mol. The maximum atomic E-state index is 5.63. The van der Waals surface area contributed by atoms with E-state index in [0.717, 1.165) is 68.8 Å². The zero-order valence-electron chi connectivity index (χ0n) is 19.1. The van der Waals surface area contributed by atoms with Crippen molar-refractivity contribution < 1.29 is 4.74 Å². The normalized spacial score (nSPS) is 16.7. The van der Waals surface area contributed by atoms with Crippen molar-refractivity contribution in [3.8, 4) is 0 Å². The van der Waals surface area contributed by atoms with Gasteiger partial charge in [0.2, 0.25) is 0 Å². The highest BCUT2D eigenvalue weighted by atomic mass is 127. The minimum absolute atomic E-state index is 0. The van der Waals surface area contributed by atoms with Crippen molar-refractivity contribution in [3.63, 3.8) is 0 Å². The summed E-state index contributed by atoms with van der Waals surface area (Å²) in [4.78, 5) is 11.6. The van der Waals surface area contributed by atoms with Crippen molar-refractivity contribution in [3.05, 3.63) is 41.3 Å². The Morgan fingerprint density at radius 2 is 2.13 bits per heavy atom. The third-order valence-corrected chi connectivity index (χ3v) is 5.08. The zero-order valence-corrected chi connectivity index (χ0v) is 21.4. The van der Waals surface area contributed by atoms with Crippen LogP contribution in [0.2, 0.25) is 0 Å². The minimum Gasteiger partial charge on any atom is -0.375 e. The number of halogens is 1. The molecule has 0 amide bonds. The Morgan fingerprint density at radius 1 is 1.29 bits per heavy atom. The molecule has 3 rings (SSSR count). The molecule has 0 spiro atoms. The second-order valence-electron chi connectivity index (χ2n) is 7.78. The number of aliphatic imine (C=N–C) groups is 1. The number of hydrogen-bond donors (Lipinski definition) is 2. The van der Waals surface area contributed by atoms with E-state index < -0.39 is 0 Å². The van der Waals surface area contributed by atoms with Gasteiger partial charge in [0.05, 0.1) is 24.9 Å². The van der Waals surface area contributed by atoms with Gasteiger partial charge in [0.15, 0.2) is 5.96 Å². The van der Waals surface area contributed by atoms with Gasteiger partial charge in [0.1, 0.15) is 5.82 Å². The Kier molecular flexibility index (Phi) is 10.5. The summed E-state index contributed by atoms with van der Waals surface area (Å²) in [6.07, 6.45) is 3.09. The molecule has 2 N–H and O–H groups in total. The van der Waals surface area contributed by atoms with Crippen LogP contribution in [0.5, 0.6) is 0 Å². The lowest BCUT2D eigenvalue weighted by molar-refractivity contribution is 0.0529. The van der Waals surface area contributed by atoms with E-state index in [1.807, 2.05) is 19.2 Å². The van der Waals surface area contributed by atoms with E-state index >= 15 is 0 Å². The van der Waals surface area contributed by atoms with Crippen LogP contribution in [0, 0.1) is 13.8 Å². The molecular weight excluding hydrogens is 505 g/mol. The molecule has 172 valence electrons. The minimum atomic E-state index is 0. The molecule has 1 atom stereocenters. The molecule has 2 aromatic rings. The van der Waals surface area contributed by atoms with Gasteiger partial charge in [-0.15, -0.1) is 24.0 Å². The summed E-state index contributed by atoms with van der Waals surface area (Å²) < 4.78 is 7.70. The van der Waals surface area contributed by atoms with Crippen molar-refractivity contribution in [2.45, 2.75) is 53.3 Å². The standard InChI is InChI=1S/C22H35N7O.HI/c1-5-23-22(25-8-6-10-29-18(3)13-17(2)27-29)26-15-20-7-9-24-21(14-20)28-11-12-30-19(4)16-28;/h7,9,13-14,19H,5-6,8,10-12,15-16H2,1-4H3,(H2,23,25,26);1H. The fraction of sp³-hybridized carbons (Fsp3) is 0.591. The van der Waals surface area contributed by atoms with Crippen LogP contribution in [0.4, 0.5) is 5.82 Å². The highest BCUT2D eigenvalue weighted by molar-refractivity contribution is 14.0. The number of aryl methyl sites for hydroxylation is 3. The second-order valence-corrected chi connectivity index (χ2v) is 7.78. The van der Waals surface area contributed by atoms with E-state index in [2.05, 4.69) is 63.2 Å². The number of ether oxygens (including phenoxy) is 1. The molecule has 1 unspecified atom stereocenters. The Bertz CT molecular complexity index is 839. The number of morpholine rings is 1. The summed E-state index contributed by atoms with van der Waals surface area (Å²) in [5.41, 5.74) is 3.42. The van der Waals surface area contributed by atoms with E-state index in [4.69, 9.17) is 9.73 Å². The molecule has 1 saturated heterocycles. The molecule has 0 radical (unpaired) electrons. The molecule has 31 heavy (non-hydrogen) atoms. The van der Waals surface area contributed by atoms with Gasteiger partial charge in [-0.1, -0.05) is 0 Å². The maximum absolute atomic E-state index is 5.63. The topological polar surface area (TPSA) is 79.6 Å². The Hall–Kier alpha value is -1.88. The summed E-state index contributed by atoms with van der Waals surface area (Å²) in [5.74, 6) is 1.84. The van der Waals surface area contributed by atoms with Crippen LogP contribution < -0.4 is 15.5 Å². The third-order valence-electron chi connectivity index (χ3n) is 5.08. The quantitative estimate of drug-likeness (QED) is 0.232. The number of nitrogens with zero attached hydrogens (tertiary/aromatic N) is 5. The van der Waals surface area contributed by atoms with Gasteiger partial charge in [-0.25, -0.2) is 9.98 Å². The van der Waals surface area contributed by atoms with E-state index in [0.29, 0.717) is 6.54 Å². The summed E-state index contributed by atoms with van der Waals surface area (Å²) in [7, 11) is 0. The Balaban J connectivity index is 0.00000341. The number of hydrogen-bond acceptors (Lipinski definition) is 5. The number of nitrogens with one attached hydrogen (secondary N) is 2. The molecule has 0 saturated carbocycles. The van der Waals surface area contributed by atoms with Gasteiger partial charge < -0.3 is 20.3 Å². The van der Waals surface area contributed by atoms with E-state index in [-0.39, 0.29) is 30.1 Å². The molecular formula is C22H36IN7O.